The molecule has 4 nitrogen and oxygen atoms in total. The zero-order chi connectivity index (χ0) is 7.84. The monoisotopic (exact) mass is 149 g/mol. The molecule has 0 aromatic heterocycles. The minimum absolute atomic E-state index is 0.0509. The molecule has 56 valence electrons. The van der Waals surface area contributed by atoms with Crippen LogP contribution in [0.15, 0.2) is 34.3 Å². The standard InChI is InChI=1S/C7H7N3O/c1-10-7-5(8-9-10)3-2-4-6(7)11/h2-4,7H,1H3. The molecule has 0 spiro atoms. The summed E-state index contributed by atoms with van der Waals surface area (Å²) >= 11 is 0. The first kappa shape index (κ1) is 6.27. The highest BCUT2D eigenvalue weighted by atomic mass is 16.1. The van der Waals surface area contributed by atoms with Gasteiger partial charge in [0.25, 0.3) is 0 Å². The largest absolute Gasteiger partial charge is 0.292 e. The number of ketones is 1. The van der Waals surface area contributed by atoms with Crippen molar-refractivity contribution in [3.63, 3.8) is 0 Å². The van der Waals surface area contributed by atoms with Gasteiger partial charge in [0.05, 0.1) is 5.70 Å². The topological polar surface area (TPSA) is 45.0 Å². The van der Waals surface area contributed by atoms with E-state index in [1.165, 1.54) is 0 Å². The molecule has 1 heterocycles. The van der Waals surface area contributed by atoms with Gasteiger partial charge in [-0.1, -0.05) is 11.3 Å². The van der Waals surface area contributed by atoms with Crippen molar-refractivity contribution in [2.75, 3.05) is 7.05 Å². The fraction of sp³-hybridized carbons (Fsp3) is 0.286. The molecule has 0 aromatic rings. The Bertz CT molecular complexity index is 290. The highest BCUT2D eigenvalue weighted by Gasteiger charge is 2.31. The summed E-state index contributed by atoms with van der Waals surface area (Å²) in [6.07, 6.45) is 5.05. The molecule has 0 amide bonds. The van der Waals surface area contributed by atoms with Crippen LogP contribution in [-0.2, 0) is 4.79 Å². The van der Waals surface area contributed by atoms with E-state index in [0.717, 1.165) is 5.70 Å². The van der Waals surface area contributed by atoms with E-state index in [1.807, 2.05) is 0 Å². The van der Waals surface area contributed by atoms with Crippen LogP contribution in [0.1, 0.15) is 0 Å². The molecule has 1 aliphatic carbocycles. The van der Waals surface area contributed by atoms with E-state index in [-0.39, 0.29) is 11.8 Å². The van der Waals surface area contributed by atoms with Gasteiger partial charge in [0.1, 0.15) is 0 Å². The molecule has 1 unspecified atom stereocenters. The lowest BCUT2D eigenvalue weighted by Gasteiger charge is -2.15. The smallest absolute Gasteiger partial charge is 0.185 e. The van der Waals surface area contributed by atoms with Crippen molar-refractivity contribution < 1.29 is 4.79 Å². The molecular formula is C7H7N3O. The lowest BCUT2D eigenvalue weighted by atomic mass is 10.0. The van der Waals surface area contributed by atoms with E-state index in [0.29, 0.717) is 0 Å². The first-order chi connectivity index (χ1) is 5.29. The summed E-state index contributed by atoms with van der Waals surface area (Å²) in [4.78, 5) is 11.2. The molecule has 0 saturated heterocycles. The number of carbonyl (C=O) groups is 1. The van der Waals surface area contributed by atoms with Crippen LogP contribution in [0.5, 0.6) is 0 Å². The number of allylic oxidation sites excluding steroid dienone is 2. The number of likely N-dealkylation sites (N-methyl/N-ethyl adjacent to an activating group) is 1. The van der Waals surface area contributed by atoms with E-state index in [4.69, 9.17) is 0 Å². The van der Waals surface area contributed by atoms with Crippen LogP contribution in [-0.4, -0.2) is 23.9 Å². The van der Waals surface area contributed by atoms with Gasteiger partial charge in [-0.15, -0.1) is 5.11 Å². The van der Waals surface area contributed by atoms with Gasteiger partial charge in [-0.05, 0) is 12.2 Å². The van der Waals surface area contributed by atoms with Crippen LogP contribution in [0.2, 0.25) is 0 Å². The molecule has 1 aliphatic heterocycles. The van der Waals surface area contributed by atoms with Crippen molar-refractivity contribution in [1.82, 2.24) is 5.01 Å². The minimum atomic E-state index is -0.264. The maximum Gasteiger partial charge on any atom is 0.185 e. The quantitative estimate of drug-likeness (QED) is 0.508. The number of nitrogens with zero attached hydrogens (tertiary/aromatic N) is 3. The average molecular weight is 149 g/mol. The summed E-state index contributed by atoms with van der Waals surface area (Å²) in [6, 6.07) is -0.264. The first-order valence-corrected chi connectivity index (χ1v) is 3.35. The second kappa shape index (κ2) is 2.02. The Morgan fingerprint density at radius 1 is 1.64 bits per heavy atom. The molecule has 11 heavy (non-hydrogen) atoms. The van der Waals surface area contributed by atoms with Crippen LogP contribution in [0.4, 0.5) is 0 Å². The summed E-state index contributed by atoms with van der Waals surface area (Å²) in [5.74, 6) is 0.0509. The molecule has 0 radical (unpaired) electrons. The lowest BCUT2D eigenvalue weighted by molar-refractivity contribution is -0.117. The van der Waals surface area contributed by atoms with Crippen molar-refractivity contribution in [3.8, 4) is 0 Å². The zero-order valence-corrected chi connectivity index (χ0v) is 6.06. The summed E-state index contributed by atoms with van der Waals surface area (Å²) in [6.45, 7) is 0. The summed E-state index contributed by atoms with van der Waals surface area (Å²) in [7, 11) is 1.74. The zero-order valence-electron chi connectivity index (χ0n) is 6.06. The predicted molar refractivity (Wildman–Crippen MR) is 38.6 cm³/mol. The molecule has 0 bridgehead atoms. The number of carbonyl (C=O) groups excluding carboxylic acids is 1. The predicted octanol–water partition coefficient (Wildman–Crippen LogP) is 0.690. The Hall–Kier alpha value is -1.45. The Balaban J connectivity index is 2.41. The van der Waals surface area contributed by atoms with Gasteiger partial charge >= 0.3 is 0 Å². The molecule has 0 fully saturated rings. The lowest BCUT2D eigenvalue weighted by Crippen LogP contribution is -2.32. The first-order valence-electron chi connectivity index (χ1n) is 3.35. The molecule has 0 saturated carbocycles. The fourth-order valence-electron chi connectivity index (χ4n) is 1.21. The van der Waals surface area contributed by atoms with Crippen molar-refractivity contribution in [2.45, 2.75) is 6.04 Å². The maximum atomic E-state index is 11.2. The molecule has 0 aromatic carbocycles. The van der Waals surface area contributed by atoms with E-state index in [9.17, 15) is 4.79 Å². The van der Waals surface area contributed by atoms with Crippen molar-refractivity contribution in [1.29, 1.82) is 0 Å². The SMILES string of the molecule is CN1N=NC2=CC=CC(=O)C21. The molecule has 4 heteroatoms. The third-order valence-electron chi connectivity index (χ3n) is 1.75. The van der Waals surface area contributed by atoms with Gasteiger partial charge < -0.3 is 0 Å². The molecule has 0 N–H and O–H groups in total. The highest BCUT2D eigenvalue weighted by molar-refractivity contribution is 5.98. The third kappa shape index (κ3) is 0.790. The van der Waals surface area contributed by atoms with Gasteiger partial charge in [0.2, 0.25) is 0 Å². The van der Waals surface area contributed by atoms with Crippen molar-refractivity contribution in [2.24, 2.45) is 10.3 Å². The molecular weight excluding hydrogens is 142 g/mol. The maximum absolute atomic E-state index is 11.2. The molecule has 1 atom stereocenters. The Kier molecular flexibility index (Phi) is 1.15. The van der Waals surface area contributed by atoms with Gasteiger partial charge in [-0.2, -0.15) is 0 Å². The van der Waals surface area contributed by atoms with Crippen molar-refractivity contribution in [3.05, 3.63) is 23.9 Å². The second-order valence-electron chi connectivity index (χ2n) is 2.52. The van der Waals surface area contributed by atoms with Gasteiger partial charge in [0, 0.05) is 7.05 Å². The summed E-state index contributed by atoms with van der Waals surface area (Å²) < 4.78 is 0. The van der Waals surface area contributed by atoms with Gasteiger partial charge in [-0.3, -0.25) is 9.80 Å². The van der Waals surface area contributed by atoms with Gasteiger partial charge in [-0.25, -0.2) is 0 Å². The van der Waals surface area contributed by atoms with Crippen molar-refractivity contribution >= 4 is 5.78 Å². The van der Waals surface area contributed by atoms with E-state index in [1.54, 1.807) is 30.3 Å². The average Bonchev–Trinajstić information content (AvgIpc) is 2.34. The van der Waals surface area contributed by atoms with E-state index in [2.05, 4.69) is 10.3 Å². The second-order valence-corrected chi connectivity index (χ2v) is 2.52. The van der Waals surface area contributed by atoms with Crippen LogP contribution in [0, 0.1) is 0 Å². The number of fused-ring (bicyclic) bond motifs is 1. The van der Waals surface area contributed by atoms with Crippen LogP contribution >= 0.6 is 0 Å². The minimum Gasteiger partial charge on any atom is -0.292 e. The fourth-order valence-corrected chi connectivity index (χ4v) is 1.21. The normalized spacial score (nSPS) is 27.4. The Morgan fingerprint density at radius 3 is 3.18 bits per heavy atom. The van der Waals surface area contributed by atoms with Gasteiger partial charge in [0.15, 0.2) is 11.8 Å². The molecule has 2 aliphatic rings. The number of rotatable bonds is 0. The van der Waals surface area contributed by atoms with E-state index >= 15 is 0 Å². The summed E-state index contributed by atoms with van der Waals surface area (Å²) in [5, 5.41) is 9.16. The van der Waals surface area contributed by atoms with Crippen LogP contribution in [0.3, 0.4) is 0 Å². The third-order valence-corrected chi connectivity index (χ3v) is 1.75. The summed E-state index contributed by atoms with van der Waals surface area (Å²) in [5.41, 5.74) is 0.736. The Morgan fingerprint density at radius 2 is 2.45 bits per heavy atom. The van der Waals surface area contributed by atoms with E-state index < -0.39 is 0 Å². The number of hydrogen-bond acceptors (Lipinski definition) is 4. The van der Waals surface area contributed by atoms with Crippen LogP contribution in [0.25, 0.3) is 0 Å². The Labute approximate surface area is 63.9 Å². The number of hydrogen-bond donors (Lipinski definition) is 0. The van der Waals surface area contributed by atoms with Crippen LogP contribution < -0.4 is 0 Å². The highest BCUT2D eigenvalue weighted by Crippen LogP contribution is 2.23. The molecule has 2 rings (SSSR count).